The first-order valence-electron chi connectivity index (χ1n) is 12.1. The number of sulfonamides is 1. The van der Waals surface area contributed by atoms with Crippen molar-refractivity contribution in [2.24, 2.45) is 0 Å². The van der Waals surface area contributed by atoms with E-state index < -0.39 is 33.4 Å². The molecule has 3 rings (SSSR count). The van der Waals surface area contributed by atoms with E-state index in [0.717, 1.165) is 9.87 Å². The van der Waals surface area contributed by atoms with Crippen molar-refractivity contribution >= 4 is 33.2 Å². The molecular weight excluding hydrogens is 508 g/mol. The van der Waals surface area contributed by atoms with Crippen molar-refractivity contribution in [3.8, 4) is 0 Å². The van der Waals surface area contributed by atoms with E-state index in [1.165, 1.54) is 41.3 Å². The lowest BCUT2D eigenvalue weighted by Gasteiger charge is -2.33. The lowest BCUT2D eigenvalue weighted by Crippen LogP contribution is -2.52. The summed E-state index contributed by atoms with van der Waals surface area (Å²) in [5.74, 6) is -0.933. The van der Waals surface area contributed by atoms with Gasteiger partial charge in [0.15, 0.2) is 0 Å². The van der Waals surface area contributed by atoms with Gasteiger partial charge in [0.25, 0.3) is 15.7 Å². The van der Waals surface area contributed by atoms with Crippen LogP contribution in [0.25, 0.3) is 0 Å². The molecule has 0 saturated heterocycles. The first-order valence-corrected chi connectivity index (χ1v) is 13.6. The summed E-state index contributed by atoms with van der Waals surface area (Å²) in [6.45, 7) is 3.41. The Kier molecular flexibility index (Phi) is 9.55. The van der Waals surface area contributed by atoms with Gasteiger partial charge in [0, 0.05) is 25.2 Å². The molecule has 0 radical (unpaired) electrons. The van der Waals surface area contributed by atoms with Crippen LogP contribution in [0.3, 0.4) is 0 Å². The van der Waals surface area contributed by atoms with Gasteiger partial charge in [-0.1, -0.05) is 55.5 Å². The molecule has 1 N–H and O–H groups in total. The minimum absolute atomic E-state index is 0.0449. The molecule has 38 heavy (non-hydrogen) atoms. The highest BCUT2D eigenvalue weighted by Crippen LogP contribution is 2.26. The molecule has 3 aromatic carbocycles. The third kappa shape index (κ3) is 6.74. The Labute approximate surface area is 222 Å². The molecule has 0 aliphatic rings. The van der Waals surface area contributed by atoms with Crippen LogP contribution in [0.15, 0.2) is 89.8 Å². The molecule has 0 aromatic heterocycles. The summed E-state index contributed by atoms with van der Waals surface area (Å²) in [7, 11) is -4.24. The minimum atomic E-state index is -4.24. The average Bonchev–Trinajstić information content (AvgIpc) is 2.92. The summed E-state index contributed by atoms with van der Waals surface area (Å²) in [5, 5.41) is 13.9. The van der Waals surface area contributed by atoms with Crippen LogP contribution < -0.4 is 9.62 Å². The Hall–Kier alpha value is -4.25. The third-order valence-corrected chi connectivity index (χ3v) is 7.68. The highest BCUT2D eigenvalue weighted by atomic mass is 32.2. The molecule has 11 heteroatoms. The largest absolute Gasteiger partial charge is 0.355 e. The van der Waals surface area contributed by atoms with Gasteiger partial charge in [-0.25, -0.2) is 8.42 Å². The molecule has 0 bridgehead atoms. The molecule has 0 unspecified atom stereocenters. The van der Waals surface area contributed by atoms with E-state index in [9.17, 15) is 28.1 Å². The number of carbonyl (C=O) groups is 2. The van der Waals surface area contributed by atoms with Crippen molar-refractivity contribution in [2.45, 2.75) is 37.8 Å². The second-order valence-corrected chi connectivity index (χ2v) is 10.3. The standard InChI is InChI=1S/C27H30N4O6S/c1-3-25(27(33)28-4-2)29(19-21-11-7-5-8-12-21)26(32)20-30(22-15-17-23(18-16-22)31(34)35)38(36,37)24-13-9-6-10-14-24/h5-18,25H,3-4,19-20H2,1-2H3,(H,28,33)/t25-/m1/s1. The van der Waals surface area contributed by atoms with E-state index in [4.69, 9.17) is 0 Å². The molecule has 1 atom stereocenters. The Morgan fingerprint density at radius 2 is 1.50 bits per heavy atom. The average molecular weight is 539 g/mol. The monoisotopic (exact) mass is 538 g/mol. The lowest BCUT2D eigenvalue weighted by atomic mass is 10.1. The topological polar surface area (TPSA) is 130 Å². The molecule has 0 aliphatic heterocycles. The summed E-state index contributed by atoms with van der Waals surface area (Å²) in [5.41, 5.74) is 0.639. The van der Waals surface area contributed by atoms with Gasteiger partial charge in [0.05, 0.1) is 15.5 Å². The lowest BCUT2D eigenvalue weighted by molar-refractivity contribution is -0.384. The van der Waals surface area contributed by atoms with E-state index in [1.807, 2.05) is 30.3 Å². The summed E-state index contributed by atoms with van der Waals surface area (Å²) in [4.78, 5) is 38.6. The maximum absolute atomic E-state index is 13.8. The number of nitro benzene ring substituents is 1. The number of nitro groups is 1. The molecule has 0 heterocycles. The molecule has 10 nitrogen and oxygen atoms in total. The highest BCUT2D eigenvalue weighted by molar-refractivity contribution is 7.92. The number of benzene rings is 3. The number of rotatable bonds is 12. The summed E-state index contributed by atoms with van der Waals surface area (Å²) in [6.07, 6.45) is 0.313. The first kappa shape index (κ1) is 28.3. The zero-order chi connectivity index (χ0) is 27.7. The van der Waals surface area contributed by atoms with Gasteiger partial charge in [0.1, 0.15) is 12.6 Å². The fraction of sp³-hybridized carbons (Fsp3) is 0.259. The normalized spacial score (nSPS) is 11.8. The van der Waals surface area contributed by atoms with E-state index >= 15 is 0 Å². The minimum Gasteiger partial charge on any atom is -0.355 e. The van der Waals surface area contributed by atoms with E-state index in [0.29, 0.717) is 13.0 Å². The van der Waals surface area contributed by atoms with Gasteiger partial charge in [0.2, 0.25) is 11.8 Å². The Bertz CT molecular complexity index is 1350. The number of nitrogens with zero attached hydrogens (tertiary/aromatic N) is 3. The van der Waals surface area contributed by atoms with Gasteiger partial charge < -0.3 is 10.2 Å². The van der Waals surface area contributed by atoms with Gasteiger partial charge in [-0.05, 0) is 43.2 Å². The Morgan fingerprint density at radius 1 is 0.921 bits per heavy atom. The van der Waals surface area contributed by atoms with Crippen LogP contribution in [0.1, 0.15) is 25.8 Å². The van der Waals surface area contributed by atoms with Crippen LogP contribution in [0.4, 0.5) is 11.4 Å². The zero-order valence-electron chi connectivity index (χ0n) is 21.2. The molecule has 0 saturated carbocycles. The third-order valence-electron chi connectivity index (χ3n) is 5.89. The SMILES string of the molecule is CCNC(=O)[C@@H](CC)N(Cc1ccccc1)C(=O)CN(c1ccc([N+](=O)[O-])cc1)S(=O)(=O)c1ccccc1. The maximum atomic E-state index is 13.8. The van der Waals surface area contributed by atoms with Crippen LogP contribution >= 0.6 is 0 Å². The number of non-ortho nitro benzene ring substituents is 1. The predicted octanol–water partition coefficient (Wildman–Crippen LogP) is 3.73. The zero-order valence-corrected chi connectivity index (χ0v) is 22.0. The molecular formula is C27H30N4O6S. The van der Waals surface area contributed by atoms with E-state index in [-0.39, 0.29) is 28.7 Å². The van der Waals surface area contributed by atoms with Crippen LogP contribution in [-0.2, 0) is 26.2 Å². The molecule has 0 fully saturated rings. The van der Waals surface area contributed by atoms with Gasteiger partial charge in [-0.2, -0.15) is 0 Å². The number of hydrogen-bond acceptors (Lipinski definition) is 6. The fourth-order valence-electron chi connectivity index (χ4n) is 3.98. The smallest absolute Gasteiger partial charge is 0.269 e. The van der Waals surface area contributed by atoms with Crippen LogP contribution in [0, 0.1) is 10.1 Å². The van der Waals surface area contributed by atoms with Crippen molar-refractivity contribution in [1.82, 2.24) is 10.2 Å². The summed E-state index contributed by atoms with van der Waals surface area (Å²) < 4.78 is 28.3. The van der Waals surface area contributed by atoms with E-state index in [1.54, 1.807) is 32.0 Å². The predicted molar refractivity (Wildman–Crippen MR) is 144 cm³/mol. The number of nitrogens with one attached hydrogen (secondary N) is 1. The van der Waals surface area contributed by atoms with Crippen molar-refractivity contribution in [3.63, 3.8) is 0 Å². The van der Waals surface area contributed by atoms with Gasteiger partial charge >= 0.3 is 0 Å². The Morgan fingerprint density at radius 3 is 2.03 bits per heavy atom. The van der Waals surface area contributed by atoms with Crippen molar-refractivity contribution in [2.75, 3.05) is 17.4 Å². The second-order valence-electron chi connectivity index (χ2n) is 8.42. The highest BCUT2D eigenvalue weighted by Gasteiger charge is 2.33. The molecule has 2 amide bonds. The van der Waals surface area contributed by atoms with Crippen molar-refractivity contribution < 1.29 is 22.9 Å². The molecule has 3 aromatic rings. The van der Waals surface area contributed by atoms with E-state index in [2.05, 4.69) is 5.32 Å². The molecule has 0 aliphatic carbocycles. The van der Waals surface area contributed by atoms with Crippen LogP contribution in [-0.4, -0.2) is 49.2 Å². The fourth-order valence-corrected chi connectivity index (χ4v) is 5.42. The second kappa shape index (κ2) is 12.8. The Balaban J connectivity index is 2.05. The van der Waals surface area contributed by atoms with Gasteiger partial charge in [-0.3, -0.25) is 24.0 Å². The van der Waals surface area contributed by atoms with Crippen molar-refractivity contribution in [3.05, 3.63) is 101 Å². The molecule has 200 valence electrons. The van der Waals surface area contributed by atoms with Gasteiger partial charge in [-0.15, -0.1) is 0 Å². The summed E-state index contributed by atoms with van der Waals surface area (Å²) >= 11 is 0. The number of amides is 2. The maximum Gasteiger partial charge on any atom is 0.269 e. The van der Waals surface area contributed by atoms with Crippen LogP contribution in [0.5, 0.6) is 0 Å². The number of hydrogen-bond donors (Lipinski definition) is 1. The summed E-state index contributed by atoms with van der Waals surface area (Å²) in [6, 6.07) is 20.8. The number of likely N-dealkylation sites (N-methyl/N-ethyl adjacent to an activating group) is 1. The number of anilines is 1. The quantitative estimate of drug-likeness (QED) is 0.276. The number of carbonyl (C=O) groups excluding carboxylic acids is 2. The van der Waals surface area contributed by atoms with Crippen LogP contribution in [0.2, 0.25) is 0 Å². The van der Waals surface area contributed by atoms with Crippen molar-refractivity contribution in [1.29, 1.82) is 0 Å². The first-order chi connectivity index (χ1) is 18.2. The molecule has 0 spiro atoms.